The van der Waals surface area contributed by atoms with Crippen molar-refractivity contribution in [2.75, 3.05) is 13.2 Å². The predicted octanol–water partition coefficient (Wildman–Crippen LogP) is 2.72. The molecule has 38 heavy (non-hydrogen) atoms. The molecule has 1 aliphatic rings. The summed E-state index contributed by atoms with van der Waals surface area (Å²) in [6.07, 6.45) is 4.63. The first kappa shape index (κ1) is 31.1. The number of hydrogen-bond donors (Lipinski definition) is 4. The summed E-state index contributed by atoms with van der Waals surface area (Å²) in [6.45, 7) is 6.54. The van der Waals surface area contributed by atoms with Crippen molar-refractivity contribution in [1.82, 2.24) is 15.5 Å². The van der Waals surface area contributed by atoms with Gasteiger partial charge in [-0.25, -0.2) is 4.79 Å². The van der Waals surface area contributed by atoms with Gasteiger partial charge in [0.1, 0.15) is 17.7 Å². The van der Waals surface area contributed by atoms with E-state index in [1.54, 1.807) is 32.9 Å². The Labute approximate surface area is 225 Å². The number of carbonyl (C=O) groups is 4. The Morgan fingerprint density at radius 1 is 1.11 bits per heavy atom. The van der Waals surface area contributed by atoms with Gasteiger partial charge in [-0.2, -0.15) is 0 Å². The van der Waals surface area contributed by atoms with Gasteiger partial charge in [-0.1, -0.05) is 50.5 Å². The van der Waals surface area contributed by atoms with Gasteiger partial charge in [-0.15, -0.1) is 0 Å². The van der Waals surface area contributed by atoms with Crippen molar-refractivity contribution in [3.05, 3.63) is 35.4 Å². The highest BCUT2D eigenvalue weighted by molar-refractivity contribution is 5.92. The number of nitrogens with one attached hydrogen (secondary N) is 2. The van der Waals surface area contributed by atoms with Crippen molar-refractivity contribution in [3.8, 4) is 0 Å². The van der Waals surface area contributed by atoms with Crippen molar-refractivity contribution >= 4 is 23.8 Å². The number of rotatable bonds is 12. The maximum absolute atomic E-state index is 13.9. The maximum Gasteiger partial charge on any atom is 0.408 e. The molecule has 0 bridgehead atoms. The molecule has 4 amide bonds. The average molecular weight is 533 g/mol. The fourth-order valence-electron chi connectivity index (χ4n) is 4.60. The Morgan fingerprint density at radius 3 is 2.26 bits per heavy atom. The van der Waals surface area contributed by atoms with Crippen molar-refractivity contribution in [2.24, 2.45) is 5.73 Å². The monoisotopic (exact) mass is 532 g/mol. The van der Waals surface area contributed by atoms with Crippen LogP contribution in [0.25, 0.3) is 0 Å². The van der Waals surface area contributed by atoms with Gasteiger partial charge in [0.15, 0.2) is 0 Å². The third kappa shape index (κ3) is 9.96. The fourth-order valence-corrected chi connectivity index (χ4v) is 4.60. The van der Waals surface area contributed by atoms with E-state index in [2.05, 4.69) is 10.6 Å². The second-order valence-corrected chi connectivity index (χ2v) is 10.8. The first-order chi connectivity index (χ1) is 17.9. The maximum atomic E-state index is 13.9. The smallest absolute Gasteiger partial charge is 0.408 e. The van der Waals surface area contributed by atoms with Crippen LogP contribution < -0.4 is 16.4 Å². The van der Waals surface area contributed by atoms with Gasteiger partial charge in [0.25, 0.3) is 0 Å². The van der Waals surface area contributed by atoms with Gasteiger partial charge in [0.2, 0.25) is 17.7 Å². The summed E-state index contributed by atoms with van der Waals surface area (Å²) in [5.74, 6) is -1.60. The minimum Gasteiger partial charge on any atom is -0.444 e. The summed E-state index contributed by atoms with van der Waals surface area (Å²) in [5, 5.41) is 15.5. The van der Waals surface area contributed by atoms with E-state index in [4.69, 9.17) is 10.5 Å². The zero-order chi connectivity index (χ0) is 28.3. The normalized spacial score (nSPS) is 15.7. The Hall–Kier alpha value is -3.14. The molecule has 0 saturated heterocycles. The molecule has 5 N–H and O–H groups in total. The Balaban J connectivity index is 2.43. The molecule has 2 atom stereocenters. The first-order valence-electron chi connectivity index (χ1n) is 13.5. The van der Waals surface area contributed by atoms with Crippen LogP contribution in [-0.4, -0.2) is 64.7 Å². The number of nitrogens with zero attached hydrogens (tertiary/aromatic N) is 1. The van der Waals surface area contributed by atoms with Crippen LogP contribution in [0.3, 0.4) is 0 Å². The molecule has 0 heterocycles. The molecule has 10 nitrogen and oxygen atoms in total. The van der Waals surface area contributed by atoms with E-state index in [0.29, 0.717) is 5.56 Å². The lowest BCUT2D eigenvalue weighted by atomic mass is 9.94. The molecule has 1 fully saturated rings. The SMILES string of the molecule is CCc1ccc(C(C(=O)NC2CCCCC2)N(CCO)C(=O)C(CCC(N)=O)NC(=O)OC(C)(C)C)cc1. The molecular weight excluding hydrogens is 488 g/mol. The average Bonchev–Trinajstić information content (AvgIpc) is 2.85. The quantitative estimate of drug-likeness (QED) is 0.325. The molecule has 1 aliphatic carbocycles. The van der Waals surface area contributed by atoms with Crippen LogP contribution in [-0.2, 0) is 25.5 Å². The molecule has 1 aromatic carbocycles. The number of alkyl carbamates (subject to hydrolysis) is 1. The number of amides is 4. The first-order valence-corrected chi connectivity index (χ1v) is 13.5. The topological polar surface area (TPSA) is 151 Å². The van der Waals surface area contributed by atoms with Crippen LogP contribution >= 0.6 is 0 Å². The number of benzene rings is 1. The van der Waals surface area contributed by atoms with E-state index in [0.717, 1.165) is 44.1 Å². The zero-order valence-electron chi connectivity index (χ0n) is 23.1. The van der Waals surface area contributed by atoms with Crippen molar-refractivity contribution in [3.63, 3.8) is 0 Å². The lowest BCUT2D eigenvalue weighted by Gasteiger charge is -2.35. The molecule has 1 saturated carbocycles. The van der Waals surface area contributed by atoms with Gasteiger partial charge in [0, 0.05) is 19.0 Å². The molecule has 0 spiro atoms. The molecule has 10 heteroatoms. The van der Waals surface area contributed by atoms with Crippen molar-refractivity contribution in [2.45, 2.75) is 103 Å². The van der Waals surface area contributed by atoms with E-state index < -0.39 is 42.2 Å². The lowest BCUT2D eigenvalue weighted by Crippen LogP contribution is -2.54. The van der Waals surface area contributed by atoms with Crippen molar-refractivity contribution < 1.29 is 29.0 Å². The number of nitrogens with two attached hydrogens (primary N) is 1. The third-order valence-electron chi connectivity index (χ3n) is 6.51. The molecule has 1 aromatic rings. The van der Waals surface area contributed by atoms with Gasteiger partial charge >= 0.3 is 6.09 Å². The van der Waals surface area contributed by atoms with Crippen LogP contribution in [0.4, 0.5) is 4.79 Å². The van der Waals surface area contributed by atoms with Gasteiger partial charge in [-0.05, 0) is 57.6 Å². The minimum atomic E-state index is -1.19. The number of primary amides is 1. The fraction of sp³-hybridized carbons (Fsp3) is 0.643. The molecule has 0 radical (unpaired) electrons. The highest BCUT2D eigenvalue weighted by Crippen LogP contribution is 2.26. The summed E-state index contributed by atoms with van der Waals surface area (Å²) < 4.78 is 5.32. The minimum absolute atomic E-state index is 0.00490. The number of aliphatic hydroxyl groups is 1. The van der Waals surface area contributed by atoms with Crippen LogP contribution in [0.15, 0.2) is 24.3 Å². The second-order valence-electron chi connectivity index (χ2n) is 10.8. The highest BCUT2D eigenvalue weighted by Gasteiger charge is 2.37. The number of aliphatic hydroxyl groups excluding tert-OH is 1. The van der Waals surface area contributed by atoms with Gasteiger partial charge < -0.3 is 31.1 Å². The summed E-state index contributed by atoms with van der Waals surface area (Å²) in [4.78, 5) is 53.0. The molecule has 2 rings (SSSR count). The Bertz CT molecular complexity index is 938. The number of hydrogen-bond acceptors (Lipinski definition) is 6. The van der Waals surface area contributed by atoms with Gasteiger partial charge in [-0.3, -0.25) is 14.4 Å². The molecular formula is C28H44N4O6. The predicted molar refractivity (Wildman–Crippen MR) is 144 cm³/mol. The van der Waals surface area contributed by atoms with E-state index in [9.17, 15) is 24.3 Å². The Kier molecular flexibility index (Phi) is 12.0. The van der Waals surface area contributed by atoms with Crippen LogP contribution in [0.5, 0.6) is 0 Å². The van der Waals surface area contributed by atoms with E-state index in [1.165, 1.54) is 4.90 Å². The zero-order valence-corrected chi connectivity index (χ0v) is 23.1. The molecule has 0 aromatic heterocycles. The summed E-state index contributed by atoms with van der Waals surface area (Å²) in [7, 11) is 0. The summed E-state index contributed by atoms with van der Waals surface area (Å²) >= 11 is 0. The van der Waals surface area contributed by atoms with Gasteiger partial charge in [0.05, 0.1) is 6.61 Å². The van der Waals surface area contributed by atoms with Crippen molar-refractivity contribution in [1.29, 1.82) is 0 Å². The van der Waals surface area contributed by atoms with Crippen LogP contribution in [0.2, 0.25) is 0 Å². The lowest BCUT2D eigenvalue weighted by molar-refractivity contribution is -0.143. The third-order valence-corrected chi connectivity index (χ3v) is 6.51. The highest BCUT2D eigenvalue weighted by atomic mass is 16.6. The molecule has 2 unspecified atom stereocenters. The number of carbonyl (C=O) groups excluding carboxylic acids is 4. The summed E-state index contributed by atoms with van der Waals surface area (Å²) in [6, 6.07) is 5.19. The largest absolute Gasteiger partial charge is 0.444 e. The number of ether oxygens (including phenoxy) is 1. The van der Waals surface area contributed by atoms with E-state index >= 15 is 0 Å². The van der Waals surface area contributed by atoms with Crippen LogP contribution in [0, 0.1) is 0 Å². The van der Waals surface area contributed by atoms with E-state index in [-0.39, 0.29) is 31.3 Å². The summed E-state index contributed by atoms with van der Waals surface area (Å²) in [5.41, 5.74) is 6.18. The Morgan fingerprint density at radius 2 is 1.74 bits per heavy atom. The molecule has 212 valence electrons. The van der Waals surface area contributed by atoms with E-state index in [1.807, 2.05) is 19.1 Å². The second kappa shape index (κ2) is 14.7. The van der Waals surface area contributed by atoms with Crippen LogP contribution in [0.1, 0.15) is 89.8 Å². The standard InChI is InChI=1S/C28H44N4O6/c1-5-19-11-13-20(14-12-19)24(25(35)30-21-9-7-6-8-10-21)32(17-18-33)26(36)22(15-16-23(29)34)31-27(37)38-28(2,3)4/h11-14,21-22,24,33H,5-10,15-18H2,1-4H3,(H2,29,34)(H,30,35)(H,31,37). The number of aryl methyl sites for hydroxylation is 1. The molecule has 0 aliphatic heterocycles.